The molecule has 0 aliphatic heterocycles. The number of carbonyl (C=O) groups excluding carboxylic acids is 1. The van der Waals surface area contributed by atoms with Crippen LogP contribution in [0.3, 0.4) is 0 Å². The van der Waals surface area contributed by atoms with Crippen molar-refractivity contribution in [1.29, 1.82) is 0 Å². The SMILES string of the molecule is Cc1ccccc1C(=O)N/N=C/c1c(F)cccc1Cl. The van der Waals surface area contributed by atoms with Gasteiger partial charge in [0.1, 0.15) is 5.82 Å². The van der Waals surface area contributed by atoms with E-state index in [4.69, 9.17) is 11.6 Å². The first-order valence-electron chi connectivity index (χ1n) is 5.92. The molecule has 0 aliphatic rings. The quantitative estimate of drug-likeness (QED) is 0.681. The molecule has 102 valence electrons. The van der Waals surface area contributed by atoms with Crippen LogP contribution in [0, 0.1) is 12.7 Å². The maximum atomic E-state index is 13.5. The van der Waals surface area contributed by atoms with E-state index in [0.29, 0.717) is 5.56 Å². The fraction of sp³-hybridized carbons (Fsp3) is 0.0667. The van der Waals surface area contributed by atoms with E-state index in [-0.39, 0.29) is 16.5 Å². The van der Waals surface area contributed by atoms with Crippen molar-refractivity contribution >= 4 is 23.7 Å². The lowest BCUT2D eigenvalue weighted by Crippen LogP contribution is -2.18. The van der Waals surface area contributed by atoms with Gasteiger partial charge in [-0.05, 0) is 30.7 Å². The molecule has 0 atom stereocenters. The molecule has 0 radical (unpaired) electrons. The number of nitrogens with zero attached hydrogens (tertiary/aromatic N) is 1. The fourth-order valence-corrected chi connectivity index (χ4v) is 1.89. The van der Waals surface area contributed by atoms with Gasteiger partial charge in [-0.25, -0.2) is 9.82 Å². The predicted molar refractivity (Wildman–Crippen MR) is 77.6 cm³/mol. The lowest BCUT2D eigenvalue weighted by Gasteiger charge is -2.03. The minimum Gasteiger partial charge on any atom is -0.267 e. The monoisotopic (exact) mass is 290 g/mol. The summed E-state index contributed by atoms with van der Waals surface area (Å²) >= 11 is 5.84. The molecule has 3 nitrogen and oxygen atoms in total. The number of hydrazone groups is 1. The number of amides is 1. The smallest absolute Gasteiger partial charge is 0.267 e. The largest absolute Gasteiger partial charge is 0.271 e. The van der Waals surface area contributed by atoms with Gasteiger partial charge in [0, 0.05) is 11.1 Å². The van der Waals surface area contributed by atoms with Crippen LogP contribution in [0.1, 0.15) is 21.5 Å². The van der Waals surface area contributed by atoms with E-state index in [1.54, 1.807) is 18.2 Å². The van der Waals surface area contributed by atoms with E-state index in [9.17, 15) is 9.18 Å². The Balaban J connectivity index is 2.11. The van der Waals surface area contributed by atoms with E-state index in [0.717, 1.165) is 5.56 Å². The second kappa shape index (κ2) is 6.30. The average molecular weight is 291 g/mol. The summed E-state index contributed by atoms with van der Waals surface area (Å²) in [6.45, 7) is 1.83. The Morgan fingerprint density at radius 1 is 1.25 bits per heavy atom. The van der Waals surface area contributed by atoms with E-state index < -0.39 is 5.82 Å². The summed E-state index contributed by atoms with van der Waals surface area (Å²) in [6, 6.07) is 11.4. The van der Waals surface area contributed by atoms with Gasteiger partial charge in [0.15, 0.2) is 0 Å². The Bertz CT molecular complexity index is 650. The molecule has 2 aromatic carbocycles. The molecule has 1 N–H and O–H groups in total. The zero-order valence-electron chi connectivity index (χ0n) is 10.7. The number of rotatable bonds is 3. The Morgan fingerprint density at radius 3 is 2.70 bits per heavy atom. The first kappa shape index (κ1) is 14.2. The number of benzene rings is 2. The molecule has 0 bridgehead atoms. The molecule has 0 spiro atoms. The third kappa shape index (κ3) is 3.22. The minimum absolute atomic E-state index is 0.138. The van der Waals surface area contributed by atoms with E-state index >= 15 is 0 Å². The van der Waals surface area contributed by atoms with Crippen LogP contribution < -0.4 is 5.43 Å². The molecule has 1 amide bonds. The van der Waals surface area contributed by atoms with Crippen molar-refractivity contribution in [1.82, 2.24) is 5.43 Å². The fourth-order valence-electron chi connectivity index (χ4n) is 1.68. The van der Waals surface area contributed by atoms with Crippen LogP contribution in [0.25, 0.3) is 0 Å². The Labute approximate surface area is 121 Å². The second-order valence-electron chi connectivity index (χ2n) is 4.15. The van der Waals surface area contributed by atoms with Crippen molar-refractivity contribution in [3.63, 3.8) is 0 Å². The minimum atomic E-state index is -0.494. The molecule has 0 aliphatic carbocycles. The third-order valence-electron chi connectivity index (χ3n) is 2.75. The van der Waals surface area contributed by atoms with Gasteiger partial charge in [-0.2, -0.15) is 5.10 Å². The summed E-state index contributed by atoms with van der Waals surface area (Å²) in [6.07, 6.45) is 1.19. The zero-order chi connectivity index (χ0) is 14.5. The van der Waals surface area contributed by atoms with Crippen LogP contribution in [0.5, 0.6) is 0 Å². The molecule has 2 aromatic rings. The summed E-state index contributed by atoms with van der Waals surface area (Å²) < 4.78 is 13.5. The van der Waals surface area contributed by atoms with Gasteiger partial charge in [-0.1, -0.05) is 35.9 Å². The van der Waals surface area contributed by atoms with Gasteiger partial charge in [0.2, 0.25) is 0 Å². The number of hydrogen-bond acceptors (Lipinski definition) is 2. The lowest BCUT2D eigenvalue weighted by molar-refractivity contribution is 0.0954. The van der Waals surface area contributed by atoms with Gasteiger partial charge in [0.25, 0.3) is 5.91 Å². The highest BCUT2D eigenvalue weighted by atomic mass is 35.5. The van der Waals surface area contributed by atoms with Crippen molar-refractivity contribution in [2.45, 2.75) is 6.92 Å². The van der Waals surface area contributed by atoms with Crippen LogP contribution in [0.2, 0.25) is 5.02 Å². The Hall–Kier alpha value is -2.20. The van der Waals surface area contributed by atoms with Crippen molar-refractivity contribution in [2.24, 2.45) is 5.10 Å². The second-order valence-corrected chi connectivity index (χ2v) is 4.56. The van der Waals surface area contributed by atoms with Crippen LogP contribution in [-0.2, 0) is 0 Å². The molecular formula is C15H12ClFN2O. The van der Waals surface area contributed by atoms with Gasteiger partial charge in [-0.3, -0.25) is 4.79 Å². The van der Waals surface area contributed by atoms with Crippen molar-refractivity contribution in [3.05, 3.63) is 70.0 Å². The van der Waals surface area contributed by atoms with Crippen LogP contribution in [0.4, 0.5) is 4.39 Å². The van der Waals surface area contributed by atoms with Crippen LogP contribution in [0.15, 0.2) is 47.6 Å². The lowest BCUT2D eigenvalue weighted by atomic mass is 10.1. The maximum absolute atomic E-state index is 13.5. The third-order valence-corrected chi connectivity index (χ3v) is 3.08. The van der Waals surface area contributed by atoms with Crippen molar-refractivity contribution < 1.29 is 9.18 Å². The topological polar surface area (TPSA) is 41.5 Å². The normalized spacial score (nSPS) is 10.8. The highest BCUT2D eigenvalue weighted by molar-refractivity contribution is 6.33. The highest BCUT2D eigenvalue weighted by Gasteiger charge is 2.07. The highest BCUT2D eigenvalue weighted by Crippen LogP contribution is 2.16. The number of nitrogens with one attached hydrogen (secondary N) is 1. The summed E-state index contributed by atoms with van der Waals surface area (Å²) in [5, 5.41) is 3.97. The Morgan fingerprint density at radius 2 is 2.00 bits per heavy atom. The number of halogens is 2. The Kier molecular flexibility index (Phi) is 4.48. The molecule has 0 fully saturated rings. The first-order valence-corrected chi connectivity index (χ1v) is 6.30. The number of aryl methyl sites for hydroxylation is 1. The molecule has 20 heavy (non-hydrogen) atoms. The standard InChI is InChI=1S/C15H12ClFN2O/c1-10-5-2-3-6-11(10)15(20)19-18-9-12-13(16)7-4-8-14(12)17/h2-9H,1H3,(H,19,20)/b18-9+. The van der Waals surface area contributed by atoms with E-state index in [1.165, 1.54) is 18.3 Å². The molecular weight excluding hydrogens is 279 g/mol. The number of carbonyl (C=O) groups is 1. The summed E-state index contributed by atoms with van der Waals surface area (Å²) in [4.78, 5) is 11.9. The van der Waals surface area contributed by atoms with Crippen molar-refractivity contribution in [3.8, 4) is 0 Å². The van der Waals surface area contributed by atoms with E-state index in [1.807, 2.05) is 19.1 Å². The van der Waals surface area contributed by atoms with Crippen LogP contribution >= 0.6 is 11.6 Å². The maximum Gasteiger partial charge on any atom is 0.271 e. The zero-order valence-corrected chi connectivity index (χ0v) is 11.5. The van der Waals surface area contributed by atoms with Gasteiger partial charge < -0.3 is 0 Å². The van der Waals surface area contributed by atoms with Crippen molar-refractivity contribution in [2.75, 3.05) is 0 Å². The van der Waals surface area contributed by atoms with Gasteiger partial charge >= 0.3 is 0 Å². The number of hydrogen-bond donors (Lipinski definition) is 1. The first-order chi connectivity index (χ1) is 9.59. The molecule has 0 saturated heterocycles. The molecule has 0 unspecified atom stereocenters. The van der Waals surface area contributed by atoms with E-state index in [2.05, 4.69) is 10.5 Å². The molecule has 0 heterocycles. The van der Waals surface area contributed by atoms with Gasteiger partial charge in [-0.15, -0.1) is 0 Å². The molecule has 2 rings (SSSR count). The average Bonchev–Trinajstić information content (AvgIpc) is 2.42. The predicted octanol–water partition coefficient (Wildman–Crippen LogP) is 3.55. The summed E-state index contributed by atoms with van der Waals surface area (Å²) in [5.41, 5.74) is 3.84. The molecule has 0 saturated carbocycles. The molecule has 5 heteroatoms. The summed E-state index contributed by atoms with van der Waals surface area (Å²) in [5.74, 6) is -0.849. The summed E-state index contributed by atoms with van der Waals surface area (Å²) in [7, 11) is 0. The van der Waals surface area contributed by atoms with Gasteiger partial charge in [0.05, 0.1) is 11.2 Å². The van der Waals surface area contributed by atoms with Crippen LogP contribution in [-0.4, -0.2) is 12.1 Å². The molecule has 0 aromatic heterocycles.